The normalized spacial score (nSPS) is 27.0. The number of amides is 2. The van der Waals surface area contributed by atoms with Gasteiger partial charge in [-0.05, 0) is 12.8 Å². The molecule has 0 aromatic carbocycles. The fraction of sp³-hybridized carbons (Fsp3) is 0.778. The van der Waals surface area contributed by atoms with E-state index >= 15 is 0 Å². The second kappa shape index (κ2) is 4.95. The van der Waals surface area contributed by atoms with Crippen molar-refractivity contribution < 1.29 is 14.7 Å². The first-order valence-corrected chi connectivity index (χ1v) is 4.90. The molecule has 1 saturated heterocycles. The number of hydrogen-bond donors (Lipinski definition) is 3. The second-order valence-electron chi connectivity index (χ2n) is 3.42. The van der Waals surface area contributed by atoms with Crippen LogP contribution >= 0.6 is 0 Å². The molecule has 2 unspecified atom stereocenters. The van der Waals surface area contributed by atoms with E-state index in [9.17, 15) is 9.59 Å². The van der Waals surface area contributed by atoms with Gasteiger partial charge in [-0.3, -0.25) is 9.59 Å². The molecular weight excluding hydrogens is 184 g/mol. The highest BCUT2D eigenvalue weighted by Gasteiger charge is 2.32. The third-order valence-electron chi connectivity index (χ3n) is 2.26. The van der Waals surface area contributed by atoms with Gasteiger partial charge in [0.2, 0.25) is 11.8 Å². The summed E-state index contributed by atoms with van der Waals surface area (Å²) in [6, 6.07) is -0.969. The lowest BCUT2D eigenvalue weighted by molar-refractivity contribution is -0.137. The molecule has 0 aliphatic carbocycles. The molecule has 14 heavy (non-hydrogen) atoms. The average molecular weight is 200 g/mol. The summed E-state index contributed by atoms with van der Waals surface area (Å²) in [5, 5.41) is 13.9. The van der Waals surface area contributed by atoms with Gasteiger partial charge in [0, 0.05) is 6.61 Å². The van der Waals surface area contributed by atoms with E-state index in [0.29, 0.717) is 6.42 Å². The lowest BCUT2D eigenvalue weighted by atomic mass is 10.0. The van der Waals surface area contributed by atoms with Crippen LogP contribution in [0.4, 0.5) is 0 Å². The summed E-state index contributed by atoms with van der Waals surface area (Å²) < 4.78 is 0. The number of hydrogen-bond acceptors (Lipinski definition) is 3. The average Bonchev–Trinajstić information content (AvgIpc) is 2.14. The maximum atomic E-state index is 11.4. The molecule has 0 saturated carbocycles. The number of aliphatic hydroxyl groups excluding tert-OH is 1. The van der Waals surface area contributed by atoms with Crippen LogP contribution in [0.2, 0.25) is 0 Å². The van der Waals surface area contributed by atoms with Gasteiger partial charge in [-0.15, -0.1) is 0 Å². The molecule has 1 aliphatic heterocycles. The second-order valence-corrected chi connectivity index (χ2v) is 3.42. The van der Waals surface area contributed by atoms with Crippen LogP contribution in [-0.4, -0.2) is 35.6 Å². The quantitative estimate of drug-likeness (QED) is 0.553. The molecule has 2 amide bonds. The number of piperazine rings is 1. The van der Waals surface area contributed by atoms with Crippen molar-refractivity contribution in [1.82, 2.24) is 10.6 Å². The molecule has 5 nitrogen and oxygen atoms in total. The first kappa shape index (κ1) is 11.0. The Morgan fingerprint density at radius 1 is 1.14 bits per heavy atom. The molecule has 2 atom stereocenters. The SMILES string of the molecule is CCCC1NC(=O)C(CCO)NC1=O. The monoisotopic (exact) mass is 200 g/mol. The fourth-order valence-corrected chi connectivity index (χ4v) is 1.50. The number of rotatable bonds is 4. The minimum atomic E-state index is -0.569. The van der Waals surface area contributed by atoms with Gasteiger partial charge in [0.15, 0.2) is 0 Å². The molecule has 5 heteroatoms. The standard InChI is InChI=1S/C9H16N2O3/c1-2-3-6-8(13)11-7(4-5-12)9(14)10-6/h6-7,12H,2-5H2,1H3,(H,10,14)(H,11,13). The van der Waals surface area contributed by atoms with Gasteiger partial charge >= 0.3 is 0 Å². The Morgan fingerprint density at radius 2 is 1.64 bits per heavy atom. The van der Waals surface area contributed by atoms with Crippen molar-refractivity contribution in [2.24, 2.45) is 0 Å². The molecule has 1 fully saturated rings. The summed E-state index contributed by atoms with van der Waals surface area (Å²) in [7, 11) is 0. The zero-order chi connectivity index (χ0) is 10.6. The van der Waals surface area contributed by atoms with E-state index in [1.54, 1.807) is 0 Å². The van der Waals surface area contributed by atoms with E-state index in [0.717, 1.165) is 6.42 Å². The van der Waals surface area contributed by atoms with Gasteiger partial charge in [-0.2, -0.15) is 0 Å². The van der Waals surface area contributed by atoms with E-state index < -0.39 is 12.1 Å². The summed E-state index contributed by atoms with van der Waals surface area (Å²) in [4.78, 5) is 22.8. The molecule has 80 valence electrons. The largest absolute Gasteiger partial charge is 0.396 e. The number of nitrogens with one attached hydrogen (secondary N) is 2. The Balaban J connectivity index is 2.53. The van der Waals surface area contributed by atoms with E-state index in [4.69, 9.17) is 5.11 Å². The van der Waals surface area contributed by atoms with E-state index in [1.165, 1.54) is 0 Å². The van der Waals surface area contributed by atoms with Crippen molar-refractivity contribution in [3.63, 3.8) is 0 Å². The molecule has 0 radical (unpaired) electrons. The van der Waals surface area contributed by atoms with Gasteiger partial charge < -0.3 is 15.7 Å². The summed E-state index contributed by atoms with van der Waals surface area (Å²) in [6.07, 6.45) is 1.78. The highest BCUT2D eigenvalue weighted by atomic mass is 16.3. The predicted molar refractivity (Wildman–Crippen MR) is 50.5 cm³/mol. The molecule has 1 rings (SSSR count). The lowest BCUT2D eigenvalue weighted by Gasteiger charge is -2.29. The summed E-state index contributed by atoms with van der Waals surface area (Å²) >= 11 is 0. The van der Waals surface area contributed by atoms with Crippen molar-refractivity contribution in [3.8, 4) is 0 Å². The van der Waals surface area contributed by atoms with E-state index in [1.807, 2.05) is 6.92 Å². The van der Waals surface area contributed by atoms with Crippen LogP contribution in [0.3, 0.4) is 0 Å². The van der Waals surface area contributed by atoms with Crippen LogP contribution in [0.5, 0.6) is 0 Å². The van der Waals surface area contributed by atoms with Crippen LogP contribution in [0, 0.1) is 0 Å². The minimum absolute atomic E-state index is 0.100. The van der Waals surface area contributed by atoms with Crippen molar-refractivity contribution in [2.75, 3.05) is 6.61 Å². The maximum absolute atomic E-state index is 11.4. The smallest absolute Gasteiger partial charge is 0.243 e. The zero-order valence-electron chi connectivity index (χ0n) is 8.25. The Kier molecular flexibility index (Phi) is 3.88. The number of carbonyl (C=O) groups excluding carboxylic acids is 2. The molecule has 3 N–H and O–H groups in total. The molecule has 0 spiro atoms. The minimum Gasteiger partial charge on any atom is -0.396 e. The van der Waals surface area contributed by atoms with Gasteiger partial charge in [0.05, 0.1) is 0 Å². The predicted octanol–water partition coefficient (Wildman–Crippen LogP) is -0.848. The number of carbonyl (C=O) groups is 2. The molecule has 1 heterocycles. The summed E-state index contributed by atoms with van der Waals surface area (Å²) in [5.74, 6) is -0.345. The Hall–Kier alpha value is -1.10. The van der Waals surface area contributed by atoms with Gasteiger partial charge in [-0.25, -0.2) is 0 Å². The first-order chi connectivity index (χ1) is 6.69. The van der Waals surface area contributed by atoms with Crippen molar-refractivity contribution in [1.29, 1.82) is 0 Å². The van der Waals surface area contributed by atoms with Crippen LogP contribution in [-0.2, 0) is 9.59 Å². The van der Waals surface area contributed by atoms with Gasteiger partial charge in [0.1, 0.15) is 12.1 Å². The lowest BCUT2D eigenvalue weighted by Crippen LogP contribution is -2.61. The van der Waals surface area contributed by atoms with Crippen LogP contribution in [0.1, 0.15) is 26.2 Å². The fourth-order valence-electron chi connectivity index (χ4n) is 1.50. The zero-order valence-corrected chi connectivity index (χ0v) is 8.25. The van der Waals surface area contributed by atoms with Gasteiger partial charge in [0.25, 0.3) is 0 Å². The Morgan fingerprint density at radius 3 is 2.07 bits per heavy atom. The molecule has 0 aromatic heterocycles. The molecule has 0 aromatic rings. The summed E-state index contributed by atoms with van der Waals surface area (Å²) in [6.45, 7) is 1.86. The van der Waals surface area contributed by atoms with E-state index in [2.05, 4.69) is 10.6 Å². The molecule has 1 aliphatic rings. The highest BCUT2D eigenvalue weighted by molar-refractivity contribution is 5.96. The van der Waals surface area contributed by atoms with E-state index in [-0.39, 0.29) is 24.8 Å². The first-order valence-electron chi connectivity index (χ1n) is 4.90. The van der Waals surface area contributed by atoms with Crippen molar-refractivity contribution >= 4 is 11.8 Å². The Bertz CT molecular complexity index is 206. The Labute approximate surface area is 82.9 Å². The number of aliphatic hydroxyl groups is 1. The van der Waals surface area contributed by atoms with Crippen LogP contribution < -0.4 is 10.6 Å². The third-order valence-corrected chi connectivity index (χ3v) is 2.26. The van der Waals surface area contributed by atoms with Crippen molar-refractivity contribution in [2.45, 2.75) is 38.3 Å². The maximum Gasteiger partial charge on any atom is 0.243 e. The topological polar surface area (TPSA) is 78.4 Å². The van der Waals surface area contributed by atoms with Crippen molar-refractivity contribution in [3.05, 3.63) is 0 Å². The highest BCUT2D eigenvalue weighted by Crippen LogP contribution is 2.05. The van der Waals surface area contributed by atoms with Gasteiger partial charge in [-0.1, -0.05) is 13.3 Å². The molecular formula is C9H16N2O3. The van der Waals surface area contributed by atoms with Crippen LogP contribution in [0.25, 0.3) is 0 Å². The molecule has 0 bridgehead atoms. The third kappa shape index (κ3) is 2.45. The summed E-state index contributed by atoms with van der Waals surface area (Å²) in [5.41, 5.74) is 0. The van der Waals surface area contributed by atoms with Crippen LogP contribution in [0.15, 0.2) is 0 Å².